The number of benzene rings is 3. The fraction of sp³-hybridized carbons (Fsp3) is 0.231. The van der Waals surface area contributed by atoms with Crippen molar-refractivity contribution in [3.63, 3.8) is 0 Å². The predicted octanol–water partition coefficient (Wildman–Crippen LogP) is 5.67. The Bertz CT molecular complexity index is 1150. The number of nitrogens with one attached hydrogen (secondary N) is 1. The molecular weight excluding hydrogens is 424 g/mol. The van der Waals surface area contributed by atoms with E-state index in [0.717, 1.165) is 24.1 Å². The van der Waals surface area contributed by atoms with Gasteiger partial charge in [-0.05, 0) is 62.2 Å². The van der Waals surface area contributed by atoms with Crippen molar-refractivity contribution in [3.05, 3.63) is 94.6 Å². The second-order valence-corrected chi connectivity index (χ2v) is 8.30. The summed E-state index contributed by atoms with van der Waals surface area (Å²) in [6.07, 6.45) is 0.835. The zero-order chi connectivity index (χ0) is 23.5. The molecular formula is C26H25F2N3O2. The molecule has 1 N–H and O–H groups in total. The first-order chi connectivity index (χ1) is 15.8. The average molecular weight is 450 g/mol. The van der Waals surface area contributed by atoms with E-state index in [9.17, 15) is 18.4 Å². The van der Waals surface area contributed by atoms with Gasteiger partial charge in [0.2, 0.25) is 0 Å². The number of nitrogens with zero attached hydrogens (tertiary/aromatic N) is 2. The first kappa shape index (κ1) is 22.5. The van der Waals surface area contributed by atoms with Gasteiger partial charge in [0.25, 0.3) is 5.91 Å². The molecule has 0 spiro atoms. The molecule has 4 rings (SSSR count). The highest BCUT2D eigenvalue weighted by Gasteiger charge is 2.27. The van der Waals surface area contributed by atoms with E-state index in [1.54, 1.807) is 29.2 Å². The maximum atomic E-state index is 13.8. The van der Waals surface area contributed by atoms with Crippen LogP contribution in [-0.2, 0) is 6.54 Å². The largest absolute Gasteiger partial charge is 0.324 e. The Morgan fingerprint density at radius 3 is 2.21 bits per heavy atom. The molecule has 3 amide bonds. The van der Waals surface area contributed by atoms with Crippen LogP contribution in [0.2, 0.25) is 0 Å². The van der Waals surface area contributed by atoms with E-state index in [1.807, 2.05) is 18.7 Å². The van der Waals surface area contributed by atoms with E-state index in [1.165, 1.54) is 17.2 Å². The van der Waals surface area contributed by atoms with Crippen LogP contribution in [0.5, 0.6) is 0 Å². The monoisotopic (exact) mass is 449 g/mol. The molecule has 1 aliphatic rings. The van der Waals surface area contributed by atoms with Crippen molar-refractivity contribution >= 4 is 23.3 Å². The summed E-state index contributed by atoms with van der Waals surface area (Å²) in [5.41, 5.74) is 3.87. The van der Waals surface area contributed by atoms with E-state index in [-0.39, 0.29) is 6.03 Å². The quantitative estimate of drug-likeness (QED) is 0.546. The first-order valence-electron chi connectivity index (χ1n) is 10.8. The number of carbonyl (C=O) groups is 2. The van der Waals surface area contributed by atoms with Crippen molar-refractivity contribution in [2.75, 3.05) is 23.3 Å². The van der Waals surface area contributed by atoms with E-state index in [4.69, 9.17) is 0 Å². The van der Waals surface area contributed by atoms with Crippen LogP contribution in [0.4, 0.5) is 25.0 Å². The summed E-state index contributed by atoms with van der Waals surface area (Å²) in [4.78, 5) is 28.9. The molecule has 0 saturated carbocycles. The number of rotatable bonds is 5. The van der Waals surface area contributed by atoms with Gasteiger partial charge in [0, 0.05) is 31.0 Å². The lowest BCUT2D eigenvalue weighted by Crippen LogP contribution is -2.49. The predicted molar refractivity (Wildman–Crippen MR) is 124 cm³/mol. The molecule has 0 aromatic heterocycles. The third-order valence-corrected chi connectivity index (χ3v) is 5.59. The number of halogens is 2. The molecule has 7 heteroatoms. The van der Waals surface area contributed by atoms with E-state index >= 15 is 0 Å². The van der Waals surface area contributed by atoms with E-state index in [2.05, 4.69) is 23.5 Å². The number of carbonyl (C=O) groups excluding carboxylic acids is 2. The van der Waals surface area contributed by atoms with Gasteiger partial charge in [-0.1, -0.05) is 35.4 Å². The normalized spacial score (nSPS) is 13.9. The average Bonchev–Trinajstić information content (AvgIpc) is 2.75. The van der Waals surface area contributed by atoms with Crippen molar-refractivity contribution < 1.29 is 18.4 Å². The third-order valence-electron chi connectivity index (χ3n) is 5.59. The molecule has 1 saturated heterocycles. The van der Waals surface area contributed by atoms with Crippen LogP contribution in [0.25, 0.3) is 0 Å². The Morgan fingerprint density at radius 2 is 1.58 bits per heavy atom. The lowest BCUT2D eigenvalue weighted by Gasteiger charge is -2.36. The van der Waals surface area contributed by atoms with Crippen LogP contribution in [-0.4, -0.2) is 29.9 Å². The molecule has 1 aliphatic heterocycles. The summed E-state index contributed by atoms with van der Waals surface area (Å²) in [7, 11) is 0. The summed E-state index contributed by atoms with van der Waals surface area (Å²) >= 11 is 0. The lowest BCUT2D eigenvalue weighted by molar-refractivity contribution is 0.101. The third kappa shape index (κ3) is 5.03. The van der Waals surface area contributed by atoms with Gasteiger partial charge in [0.05, 0.1) is 0 Å². The van der Waals surface area contributed by atoms with Crippen LogP contribution in [0, 0.1) is 25.5 Å². The molecule has 0 radical (unpaired) electrons. The molecule has 1 fully saturated rings. The number of amides is 3. The Kier molecular flexibility index (Phi) is 6.40. The van der Waals surface area contributed by atoms with E-state index < -0.39 is 23.1 Å². The number of aryl methyl sites for hydroxylation is 2. The molecule has 0 bridgehead atoms. The molecule has 33 heavy (non-hydrogen) atoms. The number of urea groups is 1. The fourth-order valence-corrected chi connectivity index (χ4v) is 4.18. The molecule has 5 nitrogen and oxygen atoms in total. The molecule has 0 unspecified atom stereocenters. The van der Waals surface area contributed by atoms with Crippen molar-refractivity contribution in [2.45, 2.75) is 26.8 Å². The van der Waals surface area contributed by atoms with Gasteiger partial charge >= 0.3 is 6.03 Å². The minimum Gasteiger partial charge on any atom is -0.322 e. The number of anilines is 2. The molecule has 1 heterocycles. The Hall–Kier alpha value is -3.74. The molecule has 0 aliphatic carbocycles. The van der Waals surface area contributed by atoms with Crippen molar-refractivity contribution in [3.8, 4) is 0 Å². The Balaban J connectivity index is 1.45. The Labute approximate surface area is 191 Å². The maximum absolute atomic E-state index is 13.8. The molecule has 170 valence electrons. The topological polar surface area (TPSA) is 52.6 Å². The summed E-state index contributed by atoms with van der Waals surface area (Å²) in [5, 5.41) is 2.50. The van der Waals surface area contributed by atoms with Crippen molar-refractivity contribution in [2.24, 2.45) is 0 Å². The summed E-state index contributed by atoms with van der Waals surface area (Å²) in [5.74, 6) is -2.72. The minimum absolute atomic E-state index is 0.0781. The second-order valence-electron chi connectivity index (χ2n) is 8.30. The highest BCUT2D eigenvalue weighted by atomic mass is 19.1. The number of hydrogen-bond acceptors (Lipinski definition) is 2. The van der Waals surface area contributed by atoms with Crippen molar-refractivity contribution in [1.29, 1.82) is 0 Å². The maximum Gasteiger partial charge on any atom is 0.324 e. The van der Waals surface area contributed by atoms with Gasteiger partial charge in [-0.25, -0.2) is 13.6 Å². The van der Waals surface area contributed by atoms with Gasteiger partial charge in [0.15, 0.2) is 0 Å². The van der Waals surface area contributed by atoms with Crippen LogP contribution >= 0.6 is 0 Å². The van der Waals surface area contributed by atoms with Gasteiger partial charge in [-0.2, -0.15) is 0 Å². The summed E-state index contributed by atoms with van der Waals surface area (Å²) < 4.78 is 27.7. The van der Waals surface area contributed by atoms with Crippen LogP contribution in [0.1, 0.15) is 33.5 Å². The van der Waals surface area contributed by atoms with Gasteiger partial charge in [0.1, 0.15) is 17.2 Å². The second kappa shape index (κ2) is 9.40. The highest BCUT2D eigenvalue weighted by molar-refractivity contribution is 6.04. The SMILES string of the molecule is Cc1cc(C)cc(CN2CCCN(c3ccc(NC(=O)c4c(F)cccc4F)cc3)C2=O)c1. The summed E-state index contributed by atoms with van der Waals surface area (Å²) in [6.45, 7) is 5.91. The van der Waals surface area contributed by atoms with Gasteiger partial charge in [-0.3, -0.25) is 9.69 Å². The van der Waals surface area contributed by atoms with Crippen LogP contribution in [0.15, 0.2) is 60.7 Å². The zero-order valence-corrected chi connectivity index (χ0v) is 18.6. The van der Waals surface area contributed by atoms with Gasteiger partial charge in [-0.15, -0.1) is 0 Å². The standard InChI is InChI=1S/C26H25F2N3O2/c1-17-13-18(2)15-19(14-17)16-30-11-4-12-31(26(30)33)21-9-7-20(8-10-21)29-25(32)24-22(27)5-3-6-23(24)28/h3,5-10,13-15H,4,11-12,16H2,1-2H3,(H,29,32). The van der Waals surface area contributed by atoms with Crippen LogP contribution in [0.3, 0.4) is 0 Å². The molecule has 0 atom stereocenters. The van der Waals surface area contributed by atoms with E-state index in [0.29, 0.717) is 31.0 Å². The smallest absolute Gasteiger partial charge is 0.322 e. The Morgan fingerprint density at radius 1 is 0.939 bits per heavy atom. The minimum atomic E-state index is -0.924. The molecule has 3 aromatic carbocycles. The summed E-state index contributed by atoms with van der Waals surface area (Å²) in [6, 6.07) is 16.1. The fourth-order valence-electron chi connectivity index (χ4n) is 4.18. The number of hydrogen-bond donors (Lipinski definition) is 1. The molecule has 3 aromatic rings. The lowest BCUT2D eigenvalue weighted by atomic mass is 10.1. The van der Waals surface area contributed by atoms with Gasteiger partial charge < -0.3 is 10.2 Å². The van der Waals surface area contributed by atoms with Crippen molar-refractivity contribution in [1.82, 2.24) is 4.90 Å². The first-order valence-corrected chi connectivity index (χ1v) is 10.8. The van der Waals surface area contributed by atoms with Crippen LogP contribution < -0.4 is 10.2 Å². The zero-order valence-electron chi connectivity index (χ0n) is 18.6. The highest BCUT2D eigenvalue weighted by Crippen LogP contribution is 2.24.